The number of carbonyl (C=O) groups excluding carboxylic acids is 1. The number of aryl methyl sites for hydroxylation is 3. The number of amides is 1. The van der Waals surface area contributed by atoms with Crippen LogP contribution in [0.4, 0.5) is 5.69 Å². The van der Waals surface area contributed by atoms with Crippen molar-refractivity contribution in [3.05, 3.63) is 46.8 Å². The van der Waals surface area contributed by atoms with Crippen molar-refractivity contribution < 1.29 is 9.32 Å². The van der Waals surface area contributed by atoms with E-state index in [1.54, 1.807) is 4.90 Å². The average Bonchev–Trinajstić information content (AvgIpc) is 2.71. The van der Waals surface area contributed by atoms with E-state index in [4.69, 9.17) is 4.52 Å². The minimum absolute atomic E-state index is 0.0625. The lowest BCUT2D eigenvalue weighted by atomic mass is 10.1. The maximum absolute atomic E-state index is 12.5. The molecule has 0 radical (unpaired) electrons. The van der Waals surface area contributed by atoms with E-state index in [0.29, 0.717) is 13.0 Å². The molecule has 4 heteroatoms. The van der Waals surface area contributed by atoms with Gasteiger partial charge in [0.15, 0.2) is 0 Å². The van der Waals surface area contributed by atoms with Crippen molar-refractivity contribution in [2.45, 2.75) is 34.1 Å². The quantitative estimate of drug-likeness (QED) is 0.858. The summed E-state index contributed by atoms with van der Waals surface area (Å²) in [5.41, 5.74) is 3.76. The minimum Gasteiger partial charge on any atom is -0.361 e. The predicted octanol–water partition coefficient (Wildman–Crippen LogP) is 3.20. The molecule has 0 fully saturated rings. The van der Waals surface area contributed by atoms with Crippen LogP contribution in [0, 0.1) is 20.8 Å². The second kappa shape index (κ2) is 5.90. The second-order valence-electron chi connectivity index (χ2n) is 4.96. The average molecular weight is 272 g/mol. The van der Waals surface area contributed by atoms with Crippen LogP contribution < -0.4 is 4.90 Å². The van der Waals surface area contributed by atoms with Gasteiger partial charge in [-0.15, -0.1) is 0 Å². The van der Waals surface area contributed by atoms with Gasteiger partial charge in [-0.05, 0) is 45.4 Å². The number of aromatic nitrogens is 1. The van der Waals surface area contributed by atoms with Crippen LogP contribution in [0.5, 0.6) is 0 Å². The van der Waals surface area contributed by atoms with Crippen molar-refractivity contribution in [3.63, 3.8) is 0 Å². The summed E-state index contributed by atoms with van der Waals surface area (Å²) in [7, 11) is 0. The molecular weight excluding hydrogens is 252 g/mol. The molecule has 1 heterocycles. The van der Waals surface area contributed by atoms with Crippen LogP contribution in [0.2, 0.25) is 0 Å². The van der Waals surface area contributed by atoms with Crippen LogP contribution >= 0.6 is 0 Å². The molecule has 0 saturated heterocycles. The summed E-state index contributed by atoms with van der Waals surface area (Å²) >= 11 is 0. The van der Waals surface area contributed by atoms with Gasteiger partial charge in [-0.2, -0.15) is 0 Å². The van der Waals surface area contributed by atoms with Crippen LogP contribution in [0.1, 0.15) is 29.5 Å². The zero-order valence-corrected chi connectivity index (χ0v) is 12.4. The van der Waals surface area contributed by atoms with Crippen molar-refractivity contribution in [3.8, 4) is 0 Å². The molecule has 1 aromatic carbocycles. The van der Waals surface area contributed by atoms with Crippen LogP contribution in [0.3, 0.4) is 0 Å². The fraction of sp³-hybridized carbons (Fsp3) is 0.375. The van der Waals surface area contributed by atoms with E-state index in [9.17, 15) is 4.79 Å². The maximum atomic E-state index is 12.5. The first kappa shape index (κ1) is 14.3. The molecule has 2 aromatic rings. The third kappa shape index (κ3) is 2.90. The van der Waals surface area contributed by atoms with Gasteiger partial charge in [0.05, 0.1) is 12.1 Å². The molecule has 0 atom stereocenters. The number of hydrogen-bond acceptors (Lipinski definition) is 3. The Morgan fingerprint density at radius 3 is 2.60 bits per heavy atom. The van der Waals surface area contributed by atoms with E-state index in [2.05, 4.69) is 5.16 Å². The Morgan fingerprint density at radius 2 is 2.05 bits per heavy atom. The van der Waals surface area contributed by atoms with Crippen molar-refractivity contribution in [2.24, 2.45) is 0 Å². The molecule has 1 aromatic heterocycles. The first-order valence-corrected chi connectivity index (χ1v) is 6.81. The number of likely N-dealkylation sites (N-methyl/N-ethyl adjacent to an activating group) is 1. The van der Waals surface area contributed by atoms with E-state index >= 15 is 0 Å². The molecule has 0 bridgehead atoms. The van der Waals surface area contributed by atoms with Crippen molar-refractivity contribution >= 4 is 11.6 Å². The molecule has 20 heavy (non-hydrogen) atoms. The van der Waals surface area contributed by atoms with E-state index in [0.717, 1.165) is 28.3 Å². The Bertz CT molecular complexity index is 597. The number of anilines is 1. The largest absolute Gasteiger partial charge is 0.361 e. The standard InChI is InChI=1S/C16H20N2O2/c1-5-18(14-8-6-7-11(2)9-14)16(19)10-15-12(3)17-20-13(15)4/h6-9H,5,10H2,1-4H3. The monoisotopic (exact) mass is 272 g/mol. The fourth-order valence-electron chi connectivity index (χ4n) is 2.30. The highest BCUT2D eigenvalue weighted by molar-refractivity contribution is 5.95. The first-order valence-electron chi connectivity index (χ1n) is 6.81. The summed E-state index contributed by atoms with van der Waals surface area (Å²) in [6, 6.07) is 7.98. The molecule has 0 aliphatic rings. The smallest absolute Gasteiger partial charge is 0.231 e. The zero-order valence-electron chi connectivity index (χ0n) is 12.4. The first-order chi connectivity index (χ1) is 9.52. The van der Waals surface area contributed by atoms with Gasteiger partial charge in [0.2, 0.25) is 5.91 Å². The highest BCUT2D eigenvalue weighted by atomic mass is 16.5. The molecule has 0 unspecified atom stereocenters. The molecule has 2 rings (SSSR count). The molecule has 1 amide bonds. The van der Waals surface area contributed by atoms with Crippen molar-refractivity contribution in [1.82, 2.24) is 5.16 Å². The number of rotatable bonds is 4. The molecule has 4 nitrogen and oxygen atoms in total. The van der Waals surface area contributed by atoms with Gasteiger partial charge in [0.25, 0.3) is 0 Å². The normalized spacial score (nSPS) is 10.6. The third-order valence-corrected chi connectivity index (χ3v) is 3.44. The molecule has 106 valence electrons. The molecule has 0 N–H and O–H groups in total. The summed E-state index contributed by atoms with van der Waals surface area (Å²) < 4.78 is 5.11. The Hall–Kier alpha value is -2.10. The predicted molar refractivity (Wildman–Crippen MR) is 78.9 cm³/mol. The van der Waals surface area contributed by atoms with Crippen LogP contribution in [0.25, 0.3) is 0 Å². The summed E-state index contributed by atoms with van der Waals surface area (Å²) in [6.07, 6.45) is 0.322. The Kier molecular flexibility index (Phi) is 4.23. The highest BCUT2D eigenvalue weighted by Gasteiger charge is 2.19. The second-order valence-corrected chi connectivity index (χ2v) is 4.96. The highest BCUT2D eigenvalue weighted by Crippen LogP contribution is 2.19. The van der Waals surface area contributed by atoms with E-state index < -0.39 is 0 Å². The number of nitrogens with zero attached hydrogens (tertiary/aromatic N) is 2. The van der Waals surface area contributed by atoms with Crippen molar-refractivity contribution in [1.29, 1.82) is 0 Å². The van der Waals surface area contributed by atoms with E-state index in [1.165, 1.54) is 0 Å². The van der Waals surface area contributed by atoms with E-state index in [1.807, 2.05) is 52.0 Å². The molecule has 0 aliphatic carbocycles. The zero-order chi connectivity index (χ0) is 14.7. The van der Waals surface area contributed by atoms with Gasteiger partial charge >= 0.3 is 0 Å². The summed E-state index contributed by atoms with van der Waals surface area (Å²) in [5, 5.41) is 3.90. The van der Waals surface area contributed by atoms with Gasteiger partial charge in [0.1, 0.15) is 5.76 Å². The Labute approximate surface area is 119 Å². The van der Waals surface area contributed by atoms with Gasteiger partial charge in [-0.25, -0.2) is 0 Å². The third-order valence-electron chi connectivity index (χ3n) is 3.44. The molecule has 0 spiro atoms. The topological polar surface area (TPSA) is 46.3 Å². The molecule has 0 aliphatic heterocycles. The lowest BCUT2D eigenvalue weighted by Gasteiger charge is -2.21. The van der Waals surface area contributed by atoms with Crippen LogP contribution in [-0.2, 0) is 11.2 Å². The van der Waals surface area contributed by atoms with Gasteiger partial charge < -0.3 is 9.42 Å². The lowest BCUT2D eigenvalue weighted by Crippen LogP contribution is -2.32. The van der Waals surface area contributed by atoms with Gasteiger partial charge in [-0.3, -0.25) is 4.79 Å². The lowest BCUT2D eigenvalue weighted by molar-refractivity contribution is -0.118. The number of carbonyl (C=O) groups is 1. The van der Waals surface area contributed by atoms with E-state index in [-0.39, 0.29) is 5.91 Å². The molecule has 0 saturated carbocycles. The van der Waals surface area contributed by atoms with Gasteiger partial charge in [-0.1, -0.05) is 17.3 Å². The SMILES string of the molecule is CCN(C(=O)Cc1c(C)noc1C)c1cccc(C)c1. The number of benzene rings is 1. The van der Waals surface area contributed by atoms with Gasteiger partial charge in [0, 0.05) is 17.8 Å². The maximum Gasteiger partial charge on any atom is 0.231 e. The van der Waals surface area contributed by atoms with Crippen LogP contribution in [-0.4, -0.2) is 17.6 Å². The minimum atomic E-state index is 0.0625. The molecular formula is C16H20N2O2. The Balaban J connectivity index is 2.22. The summed E-state index contributed by atoms with van der Waals surface area (Å²) in [6.45, 7) is 8.35. The van der Waals surface area contributed by atoms with Crippen LogP contribution in [0.15, 0.2) is 28.8 Å². The summed E-state index contributed by atoms with van der Waals surface area (Å²) in [4.78, 5) is 14.3. The Morgan fingerprint density at radius 1 is 1.30 bits per heavy atom. The summed E-state index contributed by atoms with van der Waals surface area (Å²) in [5.74, 6) is 0.781. The fourth-order valence-corrected chi connectivity index (χ4v) is 2.30. The van der Waals surface area contributed by atoms with Crippen molar-refractivity contribution in [2.75, 3.05) is 11.4 Å². The number of hydrogen-bond donors (Lipinski definition) is 0.